The number of nitrogens with one attached hydrogen (secondary N) is 1. The van der Waals surface area contributed by atoms with E-state index >= 15 is 0 Å². The third kappa shape index (κ3) is 0.463. The Labute approximate surface area is 39.0 Å². The molecule has 3 nitrogen and oxygen atoms in total. The summed E-state index contributed by atoms with van der Waals surface area (Å²) in [6.07, 6.45) is 1.25. The fourth-order valence-corrected chi connectivity index (χ4v) is 0.268. The van der Waals surface area contributed by atoms with Crippen molar-refractivity contribution in [1.82, 2.24) is 10.1 Å². The van der Waals surface area contributed by atoms with Crippen molar-refractivity contribution < 1.29 is 4.52 Å². The molecule has 0 amide bonds. The van der Waals surface area contributed by atoms with Crippen molar-refractivity contribution in [3.05, 3.63) is 11.2 Å². The third-order valence-electron chi connectivity index (χ3n) is 0.369. The quantitative estimate of drug-likeness (QED) is 0.491. The van der Waals surface area contributed by atoms with Gasteiger partial charge in [-0.25, -0.2) is 0 Å². The number of hydrogen-bond acceptors (Lipinski definition) is 3. The van der Waals surface area contributed by atoms with Crippen LogP contribution < -0.4 is 0 Å². The molecule has 0 bridgehead atoms. The first-order valence-electron chi connectivity index (χ1n) is 1.38. The smallest absolute Gasteiger partial charge is 0.229 e. The van der Waals surface area contributed by atoms with E-state index in [1.807, 2.05) is 0 Å². The van der Waals surface area contributed by atoms with Crippen molar-refractivity contribution in [2.24, 2.45) is 0 Å². The van der Waals surface area contributed by atoms with Crippen molar-refractivity contribution in [1.29, 1.82) is 0 Å². The van der Waals surface area contributed by atoms with Crippen LogP contribution in [0.4, 0.5) is 0 Å². The van der Waals surface area contributed by atoms with E-state index in [-0.39, 0.29) is 0 Å². The Kier molecular flexibility index (Phi) is 0.719. The van der Waals surface area contributed by atoms with Crippen molar-refractivity contribution in [2.45, 2.75) is 0 Å². The van der Waals surface area contributed by atoms with Crippen LogP contribution in [0.15, 0.2) is 10.9 Å². The van der Waals surface area contributed by atoms with Gasteiger partial charge in [0.15, 0.2) is 0 Å². The van der Waals surface area contributed by atoms with Crippen molar-refractivity contribution in [3.63, 3.8) is 0 Å². The fourth-order valence-electron chi connectivity index (χ4n) is 0.177. The van der Waals surface area contributed by atoms with E-state index in [0.29, 0.717) is 4.77 Å². The Morgan fingerprint density at radius 3 is 3.00 bits per heavy atom. The molecule has 0 saturated heterocycles. The van der Waals surface area contributed by atoms with E-state index < -0.39 is 0 Å². The lowest BCUT2D eigenvalue weighted by Crippen LogP contribution is -1.54. The normalized spacial score (nSPS) is 8.67. The molecular weight excluding hydrogens is 100 g/mol. The van der Waals surface area contributed by atoms with Gasteiger partial charge in [-0.2, -0.15) is 10.1 Å². The molecule has 32 valence electrons. The van der Waals surface area contributed by atoms with Gasteiger partial charge in [-0.05, 0) is 12.2 Å². The van der Waals surface area contributed by atoms with Gasteiger partial charge >= 0.3 is 0 Å². The van der Waals surface area contributed by atoms with Gasteiger partial charge < -0.3 is 4.52 Å². The highest BCUT2D eigenvalue weighted by Gasteiger charge is 1.69. The van der Waals surface area contributed by atoms with Gasteiger partial charge in [0.25, 0.3) is 0 Å². The number of nitrogens with zero attached hydrogens (tertiary/aromatic N) is 1. The van der Waals surface area contributed by atoms with E-state index in [0.717, 1.165) is 0 Å². The molecular formula is C2H2N2OS. The number of hydrogen-bond donors (Lipinski definition) is 1. The minimum atomic E-state index is 0.384. The molecule has 1 heterocycles. The molecule has 6 heavy (non-hydrogen) atoms. The Morgan fingerprint density at radius 2 is 2.83 bits per heavy atom. The SMILES string of the molecule is S=c1nco[nH]1. The van der Waals surface area contributed by atoms with Crippen LogP contribution >= 0.6 is 12.2 Å². The lowest BCUT2D eigenvalue weighted by molar-refractivity contribution is 0.414. The third-order valence-corrected chi connectivity index (χ3v) is 0.558. The first-order valence-corrected chi connectivity index (χ1v) is 1.78. The molecule has 1 rings (SSSR count). The summed E-state index contributed by atoms with van der Waals surface area (Å²) in [5.74, 6) is 0. The van der Waals surface area contributed by atoms with Gasteiger partial charge in [-0.3, -0.25) is 0 Å². The fraction of sp³-hybridized carbons (Fsp3) is 0. The first-order chi connectivity index (χ1) is 2.89. The summed E-state index contributed by atoms with van der Waals surface area (Å²) in [4.78, 5) is 3.51. The first kappa shape index (κ1) is 3.55. The Morgan fingerprint density at radius 1 is 2.00 bits per heavy atom. The van der Waals surface area contributed by atoms with Crippen molar-refractivity contribution >= 4 is 12.2 Å². The number of rotatable bonds is 0. The topological polar surface area (TPSA) is 41.8 Å². The second kappa shape index (κ2) is 1.22. The van der Waals surface area contributed by atoms with Crippen LogP contribution in [-0.4, -0.2) is 10.1 Å². The van der Waals surface area contributed by atoms with Gasteiger partial charge in [0, 0.05) is 0 Å². The molecule has 0 aliphatic heterocycles. The minimum Gasteiger partial charge on any atom is -0.368 e. The highest BCUT2D eigenvalue weighted by Crippen LogP contribution is 1.72. The Bertz CT molecular complexity index is 149. The van der Waals surface area contributed by atoms with Gasteiger partial charge in [0.1, 0.15) is 0 Å². The summed E-state index contributed by atoms with van der Waals surface area (Å²) in [5.41, 5.74) is 0. The summed E-state index contributed by atoms with van der Waals surface area (Å²) in [6, 6.07) is 0. The Balaban J connectivity index is 3.41. The molecule has 0 aliphatic carbocycles. The number of aromatic amines is 1. The van der Waals surface area contributed by atoms with E-state index in [4.69, 9.17) is 0 Å². The summed E-state index contributed by atoms with van der Waals surface area (Å²) in [6.45, 7) is 0. The van der Waals surface area contributed by atoms with E-state index in [2.05, 4.69) is 26.9 Å². The zero-order chi connectivity index (χ0) is 4.41. The van der Waals surface area contributed by atoms with Gasteiger partial charge in [0.2, 0.25) is 11.2 Å². The maximum atomic E-state index is 4.48. The zero-order valence-corrected chi connectivity index (χ0v) is 3.66. The second-order valence-corrected chi connectivity index (χ2v) is 1.15. The van der Waals surface area contributed by atoms with Gasteiger partial charge in [0.05, 0.1) is 0 Å². The molecule has 1 aromatic rings. The monoisotopic (exact) mass is 102 g/mol. The summed E-state index contributed by atoms with van der Waals surface area (Å²) in [5, 5.41) is 2.33. The molecule has 0 radical (unpaired) electrons. The summed E-state index contributed by atoms with van der Waals surface area (Å²) in [7, 11) is 0. The minimum absolute atomic E-state index is 0.384. The zero-order valence-electron chi connectivity index (χ0n) is 2.84. The molecule has 0 aliphatic rings. The average molecular weight is 102 g/mol. The summed E-state index contributed by atoms with van der Waals surface area (Å²) < 4.78 is 4.76. The molecule has 0 spiro atoms. The predicted octanol–water partition coefficient (Wildman–Crippen LogP) is 0.732. The van der Waals surface area contributed by atoms with Crippen LogP contribution in [0.5, 0.6) is 0 Å². The molecule has 0 saturated carbocycles. The van der Waals surface area contributed by atoms with Crippen LogP contribution in [0.3, 0.4) is 0 Å². The predicted molar refractivity (Wildman–Crippen MR) is 21.7 cm³/mol. The molecule has 0 unspecified atom stereocenters. The van der Waals surface area contributed by atoms with E-state index in [1.165, 1.54) is 6.39 Å². The van der Waals surface area contributed by atoms with Crippen molar-refractivity contribution in [2.75, 3.05) is 0 Å². The molecule has 4 heteroatoms. The standard InChI is InChI=1S/C2H2N2OS/c6-2-3-1-5-4-2/h1H,(H,4,6). The van der Waals surface area contributed by atoms with Gasteiger partial charge in [-0.15, -0.1) is 0 Å². The van der Waals surface area contributed by atoms with E-state index in [9.17, 15) is 0 Å². The van der Waals surface area contributed by atoms with Gasteiger partial charge in [-0.1, -0.05) is 0 Å². The maximum Gasteiger partial charge on any atom is 0.229 e. The number of H-pyrrole nitrogens is 1. The van der Waals surface area contributed by atoms with E-state index in [1.54, 1.807) is 0 Å². The molecule has 1 N–H and O–H groups in total. The van der Waals surface area contributed by atoms with Crippen LogP contribution in [0.25, 0.3) is 0 Å². The molecule has 0 atom stereocenters. The average Bonchev–Trinajstić information content (AvgIpc) is 1.86. The van der Waals surface area contributed by atoms with Crippen LogP contribution in [0, 0.1) is 4.77 Å². The summed E-state index contributed by atoms with van der Waals surface area (Å²) >= 11 is 4.48. The second-order valence-electron chi connectivity index (χ2n) is 0.760. The largest absolute Gasteiger partial charge is 0.368 e. The van der Waals surface area contributed by atoms with Crippen molar-refractivity contribution in [3.8, 4) is 0 Å². The lowest BCUT2D eigenvalue weighted by Gasteiger charge is -1.53. The molecule has 0 aromatic carbocycles. The molecule has 0 fully saturated rings. The number of aromatic nitrogens is 2. The lowest BCUT2D eigenvalue weighted by atomic mass is 11.3. The maximum absolute atomic E-state index is 4.48. The van der Waals surface area contributed by atoms with Crippen LogP contribution in [0.1, 0.15) is 0 Å². The highest BCUT2D eigenvalue weighted by atomic mass is 32.1. The van der Waals surface area contributed by atoms with Crippen LogP contribution in [0.2, 0.25) is 0 Å². The van der Waals surface area contributed by atoms with Crippen LogP contribution in [-0.2, 0) is 0 Å². The molecule has 1 aromatic heterocycles. The Hall–Kier alpha value is -0.640. The highest BCUT2D eigenvalue weighted by molar-refractivity contribution is 7.71.